The number of likely N-dealkylation sites (tertiary alicyclic amines) is 1. The van der Waals surface area contributed by atoms with Crippen LogP contribution < -0.4 is 0 Å². The molecule has 3 nitrogen and oxygen atoms in total. The Morgan fingerprint density at radius 2 is 2.00 bits per heavy atom. The van der Waals surface area contributed by atoms with Gasteiger partial charge in [-0.2, -0.15) is 0 Å². The summed E-state index contributed by atoms with van der Waals surface area (Å²) < 4.78 is 5.27. The summed E-state index contributed by atoms with van der Waals surface area (Å²) in [6.45, 7) is 7.83. The van der Waals surface area contributed by atoms with Crippen molar-refractivity contribution in [3.8, 4) is 12.3 Å². The number of ether oxygens (including phenoxy) is 1. The highest BCUT2D eigenvalue weighted by Gasteiger charge is 2.22. The van der Waals surface area contributed by atoms with Gasteiger partial charge in [-0.1, -0.05) is 0 Å². The number of hydrogen-bond donors (Lipinski definition) is 0. The van der Waals surface area contributed by atoms with E-state index >= 15 is 0 Å². The Balaban J connectivity index is 2.29. The van der Waals surface area contributed by atoms with Crippen molar-refractivity contribution in [1.29, 1.82) is 0 Å². The highest BCUT2D eigenvalue weighted by atomic mass is 16.6. The number of hydrogen-bond acceptors (Lipinski definition) is 3. The Hall–Kier alpha value is -1.01. The molecule has 0 aromatic heterocycles. The first-order valence-corrected chi connectivity index (χ1v) is 5.81. The van der Waals surface area contributed by atoms with Crippen LogP contribution in [0.1, 0.15) is 33.6 Å². The zero-order valence-electron chi connectivity index (χ0n) is 10.5. The summed E-state index contributed by atoms with van der Waals surface area (Å²) in [5.41, 5.74) is -0.395. The highest BCUT2D eigenvalue weighted by Crippen LogP contribution is 2.16. The molecule has 1 aliphatic heterocycles. The van der Waals surface area contributed by atoms with Crippen molar-refractivity contribution in [2.45, 2.75) is 39.2 Å². The minimum atomic E-state index is -0.395. The van der Waals surface area contributed by atoms with Gasteiger partial charge in [0.1, 0.15) is 5.60 Å². The van der Waals surface area contributed by atoms with Crippen molar-refractivity contribution in [1.82, 2.24) is 4.90 Å². The largest absolute Gasteiger partial charge is 0.459 e. The number of carbonyl (C=O) groups excluding carboxylic acids is 1. The average molecular weight is 223 g/mol. The van der Waals surface area contributed by atoms with Crippen molar-refractivity contribution < 1.29 is 9.53 Å². The summed E-state index contributed by atoms with van der Waals surface area (Å²) in [6.07, 6.45) is 7.34. The first-order valence-electron chi connectivity index (χ1n) is 5.81. The summed E-state index contributed by atoms with van der Waals surface area (Å²) in [5, 5.41) is 0. The van der Waals surface area contributed by atoms with Crippen LogP contribution >= 0.6 is 0 Å². The van der Waals surface area contributed by atoms with Crippen molar-refractivity contribution in [2.75, 3.05) is 19.6 Å². The molecule has 16 heavy (non-hydrogen) atoms. The van der Waals surface area contributed by atoms with Gasteiger partial charge in [0, 0.05) is 5.92 Å². The summed E-state index contributed by atoms with van der Waals surface area (Å²) >= 11 is 0. The van der Waals surface area contributed by atoms with Crippen LogP contribution in [0.25, 0.3) is 0 Å². The van der Waals surface area contributed by atoms with E-state index in [2.05, 4.69) is 10.8 Å². The zero-order chi connectivity index (χ0) is 12.2. The van der Waals surface area contributed by atoms with Crippen molar-refractivity contribution in [3.05, 3.63) is 0 Å². The van der Waals surface area contributed by atoms with E-state index < -0.39 is 5.60 Å². The smallest absolute Gasteiger partial charge is 0.320 e. The van der Waals surface area contributed by atoms with Gasteiger partial charge >= 0.3 is 5.97 Å². The maximum Gasteiger partial charge on any atom is 0.320 e. The molecule has 0 bridgehead atoms. The number of nitrogens with zero attached hydrogens (tertiary/aromatic N) is 1. The monoisotopic (exact) mass is 223 g/mol. The van der Waals surface area contributed by atoms with Crippen LogP contribution in [0.5, 0.6) is 0 Å². The second kappa shape index (κ2) is 5.36. The SMILES string of the molecule is C#CC1CCN(CC(=O)OC(C)(C)C)CC1. The van der Waals surface area contributed by atoms with Crippen molar-refractivity contribution >= 4 is 5.97 Å². The fourth-order valence-corrected chi connectivity index (χ4v) is 1.81. The van der Waals surface area contributed by atoms with Gasteiger partial charge in [-0.05, 0) is 46.7 Å². The molecule has 1 saturated heterocycles. The standard InChI is InChI=1S/C13H21NO2/c1-5-11-6-8-14(9-7-11)10-12(15)16-13(2,3)4/h1,11H,6-10H2,2-4H3. The molecule has 0 spiro atoms. The first kappa shape index (κ1) is 13.1. The minimum absolute atomic E-state index is 0.147. The van der Waals surface area contributed by atoms with Crippen LogP contribution in [0.3, 0.4) is 0 Å². The Kier molecular flexibility index (Phi) is 4.37. The molecule has 0 aliphatic carbocycles. The van der Waals surface area contributed by atoms with E-state index in [9.17, 15) is 4.79 Å². The fourth-order valence-electron chi connectivity index (χ4n) is 1.81. The summed E-state index contributed by atoms with van der Waals surface area (Å²) in [7, 11) is 0. The molecule has 0 amide bonds. The van der Waals surface area contributed by atoms with Gasteiger partial charge in [0.25, 0.3) is 0 Å². The predicted octanol–water partition coefficient (Wildman–Crippen LogP) is 1.67. The van der Waals surface area contributed by atoms with E-state index in [1.54, 1.807) is 0 Å². The zero-order valence-corrected chi connectivity index (χ0v) is 10.5. The Labute approximate surface area is 98.1 Å². The van der Waals surface area contributed by atoms with Gasteiger partial charge in [0.05, 0.1) is 6.54 Å². The molecular weight excluding hydrogens is 202 g/mol. The predicted molar refractivity (Wildman–Crippen MR) is 63.8 cm³/mol. The molecule has 0 unspecified atom stereocenters. The molecule has 0 atom stereocenters. The molecule has 1 fully saturated rings. The maximum atomic E-state index is 11.6. The second-order valence-electron chi connectivity index (χ2n) is 5.30. The van der Waals surface area contributed by atoms with Crippen LogP contribution in [0, 0.1) is 18.3 Å². The van der Waals surface area contributed by atoms with Gasteiger partial charge in [-0.3, -0.25) is 9.69 Å². The molecule has 0 aromatic rings. The lowest BCUT2D eigenvalue weighted by molar-refractivity contribution is -0.156. The number of piperidine rings is 1. The summed E-state index contributed by atoms with van der Waals surface area (Å²) in [6, 6.07) is 0. The van der Waals surface area contributed by atoms with Gasteiger partial charge in [0.2, 0.25) is 0 Å². The molecule has 0 N–H and O–H groups in total. The van der Waals surface area contributed by atoms with E-state index in [4.69, 9.17) is 11.2 Å². The minimum Gasteiger partial charge on any atom is -0.459 e. The van der Waals surface area contributed by atoms with E-state index in [0.29, 0.717) is 12.5 Å². The molecular formula is C13H21NO2. The number of carbonyl (C=O) groups is 1. The van der Waals surface area contributed by atoms with Gasteiger partial charge in [-0.25, -0.2) is 0 Å². The number of esters is 1. The highest BCUT2D eigenvalue weighted by molar-refractivity contribution is 5.72. The van der Waals surface area contributed by atoms with Crippen LogP contribution in [-0.4, -0.2) is 36.1 Å². The van der Waals surface area contributed by atoms with Crippen LogP contribution in [0.4, 0.5) is 0 Å². The van der Waals surface area contributed by atoms with Crippen LogP contribution in [0.15, 0.2) is 0 Å². The lowest BCUT2D eigenvalue weighted by Gasteiger charge is -2.30. The van der Waals surface area contributed by atoms with Crippen molar-refractivity contribution in [2.24, 2.45) is 5.92 Å². The molecule has 1 heterocycles. The van der Waals surface area contributed by atoms with E-state index in [1.807, 2.05) is 20.8 Å². The lowest BCUT2D eigenvalue weighted by Crippen LogP contribution is -2.39. The lowest BCUT2D eigenvalue weighted by atomic mass is 9.98. The Morgan fingerprint density at radius 3 is 2.44 bits per heavy atom. The van der Waals surface area contributed by atoms with Gasteiger partial charge in [0.15, 0.2) is 0 Å². The van der Waals surface area contributed by atoms with E-state index in [0.717, 1.165) is 25.9 Å². The Morgan fingerprint density at radius 1 is 1.44 bits per heavy atom. The molecule has 1 rings (SSSR count). The van der Waals surface area contributed by atoms with Crippen LogP contribution in [0.2, 0.25) is 0 Å². The first-order chi connectivity index (χ1) is 7.40. The quantitative estimate of drug-likeness (QED) is 0.527. The third kappa shape index (κ3) is 4.67. The topological polar surface area (TPSA) is 29.5 Å². The number of terminal acetylenes is 1. The Bertz CT molecular complexity index is 277. The second-order valence-corrected chi connectivity index (χ2v) is 5.30. The third-order valence-corrected chi connectivity index (χ3v) is 2.60. The molecule has 0 aromatic carbocycles. The summed E-state index contributed by atoms with van der Waals surface area (Å²) in [5.74, 6) is 3.01. The molecule has 3 heteroatoms. The van der Waals surface area contributed by atoms with Gasteiger partial charge in [-0.15, -0.1) is 12.3 Å². The molecule has 0 radical (unpaired) electrons. The molecule has 90 valence electrons. The average Bonchev–Trinajstić information content (AvgIpc) is 2.16. The summed E-state index contributed by atoms with van der Waals surface area (Å²) in [4.78, 5) is 13.7. The van der Waals surface area contributed by atoms with Crippen LogP contribution in [-0.2, 0) is 9.53 Å². The molecule has 0 saturated carbocycles. The van der Waals surface area contributed by atoms with Crippen molar-refractivity contribution in [3.63, 3.8) is 0 Å². The fraction of sp³-hybridized carbons (Fsp3) is 0.769. The van der Waals surface area contributed by atoms with E-state index in [-0.39, 0.29) is 5.97 Å². The number of rotatable bonds is 2. The maximum absolute atomic E-state index is 11.6. The van der Waals surface area contributed by atoms with Gasteiger partial charge < -0.3 is 4.74 Å². The normalized spacial score (nSPS) is 19.1. The van der Waals surface area contributed by atoms with E-state index in [1.165, 1.54) is 0 Å². The third-order valence-electron chi connectivity index (χ3n) is 2.60. The molecule has 1 aliphatic rings.